The van der Waals surface area contributed by atoms with Crippen molar-refractivity contribution in [3.8, 4) is 0 Å². The lowest BCUT2D eigenvalue weighted by molar-refractivity contribution is -0.130. The third-order valence-corrected chi connectivity index (χ3v) is 6.06. The molecule has 0 bridgehead atoms. The van der Waals surface area contributed by atoms with Crippen LogP contribution in [0.4, 0.5) is 5.69 Å². The van der Waals surface area contributed by atoms with E-state index >= 15 is 0 Å². The molecular formula is C17H29N2O3P. The normalized spacial score (nSPS) is 11.3. The second kappa shape index (κ2) is 10.6. The molecule has 6 heteroatoms. The molecule has 1 amide bonds. The third kappa shape index (κ3) is 6.46. The Balaban J connectivity index is 3.00. The van der Waals surface area contributed by atoms with Crippen LogP contribution in [0.3, 0.4) is 0 Å². The number of amides is 1. The highest BCUT2D eigenvalue weighted by Crippen LogP contribution is 2.54. The zero-order valence-corrected chi connectivity index (χ0v) is 15.6. The molecule has 5 nitrogen and oxygen atoms in total. The summed E-state index contributed by atoms with van der Waals surface area (Å²) in [6, 6.07) is 9.68. The van der Waals surface area contributed by atoms with Crippen LogP contribution in [-0.2, 0) is 13.8 Å². The van der Waals surface area contributed by atoms with E-state index in [0.717, 1.165) is 18.8 Å². The second-order valence-electron chi connectivity index (χ2n) is 4.95. The lowest BCUT2D eigenvalue weighted by Gasteiger charge is -2.25. The molecule has 1 aromatic carbocycles. The highest BCUT2D eigenvalue weighted by atomic mass is 31.2. The number of hydrogen-bond acceptors (Lipinski definition) is 4. The summed E-state index contributed by atoms with van der Waals surface area (Å²) in [5.41, 5.74) is 0.832. The predicted octanol–water partition coefficient (Wildman–Crippen LogP) is 4.68. The van der Waals surface area contributed by atoms with Crippen LogP contribution in [-0.4, -0.2) is 43.3 Å². The SMILES string of the molecule is CCOP(CCC(=O)N(CC)CC)(=Nc1ccccc1)OCC. The minimum absolute atomic E-state index is 0.127. The molecule has 130 valence electrons. The first kappa shape index (κ1) is 19.9. The summed E-state index contributed by atoms with van der Waals surface area (Å²) < 4.78 is 16.6. The Morgan fingerprint density at radius 3 is 2.09 bits per heavy atom. The van der Waals surface area contributed by atoms with Gasteiger partial charge in [0.2, 0.25) is 13.4 Å². The molecule has 0 fully saturated rings. The summed E-state index contributed by atoms with van der Waals surface area (Å²) in [4.78, 5) is 14.1. The standard InChI is InChI=1S/C17H29N2O3P/c1-5-19(6-2)17(20)14-15-23(21-7-3,22-8-4)18-16-12-10-9-11-13-16/h9-13H,5-8,14-15H2,1-4H3. The minimum atomic E-state index is -2.46. The van der Waals surface area contributed by atoms with Crippen LogP contribution in [0.25, 0.3) is 0 Å². The van der Waals surface area contributed by atoms with Gasteiger partial charge in [0.1, 0.15) is 0 Å². The van der Waals surface area contributed by atoms with E-state index in [-0.39, 0.29) is 5.91 Å². The number of hydrogen-bond donors (Lipinski definition) is 0. The van der Waals surface area contributed by atoms with E-state index in [4.69, 9.17) is 13.8 Å². The molecule has 0 saturated carbocycles. The molecule has 0 heterocycles. The molecule has 23 heavy (non-hydrogen) atoms. The Morgan fingerprint density at radius 2 is 1.61 bits per heavy atom. The van der Waals surface area contributed by atoms with Crippen molar-refractivity contribution >= 4 is 19.1 Å². The van der Waals surface area contributed by atoms with E-state index in [2.05, 4.69) is 0 Å². The van der Waals surface area contributed by atoms with Gasteiger partial charge in [0.15, 0.2) is 0 Å². The first-order valence-electron chi connectivity index (χ1n) is 8.34. The molecule has 0 N–H and O–H groups in total. The monoisotopic (exact) mass is 340 g/mol. The molecular weight excluding hydrogens is 311 g/mol. The van der Waals surface area contributed by atoms with Crippen LogP contribution < -0.4 is 0 Å². The molecule has 0 aliphatic heterocycles. The zero-order valence-electron chi connectivity index (χ0n) is 14.7. The van der Waals surface area contributed by atoms with Crippen molar-refractivity contribution in [2.24, 2.45) is 4.74 Å². The van der Waals surface area contributed by atoms with Gasteiger partial charge in [-0.05, 0) is 39.8 Å². The minimum Gasteiger partial charge on any atom is -0.343 e. The van der Waals surface area contributed by atoms with E-state index < -0.39 is 7.51 Å². The molecule has 1 aromatic rings. The number of carbonyl (C=O) groups excluding carboxylic acids is 1. The lowest BCUT2D eigenvalue weighted by Crippen LogP contribution is -2.31. The fourth-order valence-electron chi connectivity index (χ4n) is 2.32. The topological polar surface area (TPSA) is 51.1 Å². The smallest absolute Gasteiger partial charge is 0.223 e. The van der Waals surface area contributed by atoms with Gasteiger partial charge in [0, 0.05) is 25.7 Å². The van der Waals surface area contributed by atoms with Crippen molar-refractivity contribution in [3.63, 3.8) is 0 Å². The maximum absolute atomic E-state index is 12.3. The van der Waals surface area contributed by atoms with Gasteiger partial charge in [-0.1, -0.05) is 18.2 Å². The molecule has 0 radical (unpaired) electrons. The zero-order chi connectivity index (χ0) is 17.1. The Bertz CT molecular complexity index is 506. The van der Waals surface area contributed by atoms with E-state index in [1.807, 2.05) is 62.9 Å². The van der Waals surface area contributed by atoms with Gasteiger partial charge in [-0.3, -0.25) is 4.79 Å². The number of benzene rings is 1. The van der Waals surface area contributed by atoms with Crippen LogP contribution >= 0.6 is 7.51 Å². The second-order valence-corrected chi connectivity index (χ2v) is 7.39. The van der Waals surface area contributed by atoms with Crippen LogP contribution in [0.1, 0.15) is 34.1 Å². The van der Waals surface area contributed by atoms with E-state index in [0.29, 0.717) is 25.8 Å². The summed E-state index contributed by atoms with van der Waals surface area (Å²) in [7, 11) is -2.46. The summed E-state index contributed by atoms with van der Waals surface area (Å²) >= 11 is 0. The molecule has 1 rings (SSSR count). The highest BCUT2D eigenvalue weighted by molar-refractivity contribution is 7.56. The van der Waals surface area contributed by atoms with Crippen LogP contribution in [0, 0.1) is 0 Å². The molecule has 0 spiro atoms. The van der Waals surface area contributed by atoms with E-state index in [1.54, 1.807) is 0 Å². The fraction of sp³-hybridized carbons (Fsp3) is 0.588. The average molecular weight is 340 g/mol. The van der Waals surface area contributed by atoms with Gasteiger partial charge in [0.05, 0.1) is 18.9 Å². The average Bonchev–Trinajstić information content (AvgIpc) is 2.55. The van der Waals surface area contributed by atoms with Crippen LogP contribution in [0.2, 0.25) is 0 Å². The largest absolute Gasteiger partial charge is 0.343 e. The van der Waals surface area contributed by atoms with Crippen molar-refractivity contribution in [2.75, 3.05) is 32.5 Å². The van der Waals surface area contributed by atoms with E-state index in [9.17, 15) is 4.79 Å². The molecule has 0 unspecified atom stereocenters. The summed E-state index contributed by atoms with van der Waals surface area (Å²) in [6.45, 7) is 10.3. The Kier molecular flexibility index (Phi) is 9.15. The van der Waals surface area contributed by atoms with Crippen molar-refractivity contribution in [3.05, 3.63) is 30.3 Å². The summed E-state index contributed by atoms with van der Waals surface area (Å²) in [5.74, 6) is 0.127. The van der Waals surface area contributed by atoms with Gasteiger partial charge >= 0.3 is 0 Å². The summed E-state index contributed by atoms with van der Waals surface area (Å²) in [5, 5.41) is 0. The third-order valence-electron chi connectivity index (χ3n) is 3.41. The first-order chi connectivity index (χ1) is 11.1. The Morgan fingerprint density at radius 1 is 1.04 bits per heavy atom. The molecule has 0 aliphatic carbocycles. The fourth-order valence-corrected chi connectivity index (χ4v) is 4.63. The van der Waals surface area contributed by atoms with Gasteiger partial charge in [-0.2, -0.15) is 0 Å². The van der Waals surface area contributed by atoms with Gasteiger partial charge in [-0.25, -0.2) is 4.74 Å². The Hall–Kier alpha value is -1.16. The molecule has 0 atom stereocenters. The van der Waals surface area contributed by atoms with Gasteiger partial charge in [0.25, 0.3) is 0 Å². The van der Waals surface area contributed by atoms with Gasteiger partial charge in [-0.15, -0.1) is 0 Å². The maximum atomic E-state index is 12.3. The molecule has 0 aromatic heterocycles. The molecule has 0 aliphatic rings. The van der Waals surface area contributed by atoms with Crippen LogP contribution in [0.5, 0.6) is 0 Å². The highest BCUT2D eigenvalue weighted by Gasteiger charge is 2.24. The number of carbonyl (C=O) groups is 1. The van der Waals surface area contributed by atoms with Crippen molar-refractivity contribution in [1.82, 2.24) is 4.90 Å². The van der Waals surface area contributed by atoms with E-state index in [1.165, 1.54) is 0 Å². The number of rotatable bonds is 10. The van der Waals surface area contributed by atoms with Crippen LogP contribution in [0.15, 0.2) is 35.1 Å². The lowest BCUT2D eigenvalue weighted by atomic mass is 10.3. The first-order valence-corrected chi connectivity index (χ1v) is 10.1. The Labute approximate surface area is 140 Å². The summed E-state index contributed by atoms with van der Waals surface area (Å²) in [6.07, 6.45) is 0.907. The van der Waals surface area contributed by atoms with Crippen molar-refractivity contribution in [2.45, 2.75) is 34.1 Å². The maximum Gasteiger partial charge on any atom is 0.223 e. The quantitative estimate of drug-likeness (QED) is 0.581. The number of nitrogens with zero attached hydrogens (tertiary/aromatic N) is 2. The predicted molar refractivity (Wildman–Crippen MR) is 96.1 cm³/mol. The van der Waals surface area contributed by atoms with Crippen molar-refractivity contribution in [1.29, 1.82) is 0 Å². The van der Waals surface area contributed by atoms with Crippen molar-refractivity contribution < 1.29 is 13.8 Å². The van der Waals surface area contributed by atoms with Gasteiger partial charge < -0.3 is 13.9 Å². The molecule has 0 saturated heterocycles.